The van der Waals surface area contributed by atoms with Gasteiger partial charge in [0.05, 0.1) is 16.4 Å². The lowest BCUT2D eigenvalue weighted by atomic mass is 9.70. The summed E-state index contributed by atoms with van der Waals surface area (Å²) in [5, 5.41) is 4.69. The van der Waals surface area contributed by atoms with Crippen LogP contribution in [-0.4, -0.2) is 4.57 Å². The molecular weight excluding hydrogens is 705 g/mol. The van der Waals surface area contributed by atoms with Gasteiger partial charge in [0.25, 0.3) is 0 Å². The molecule has 0 N–H and O–H groups in total. The molecule has 0 aliphatic heterocycles. The van der Waals surface area contributed by atoms with Gasteiger partial charge in [-0.15, -0.1) is 0 Å². The smallest absolute Gasteiger partial charge is 0.137 e. The van der Waals surface area contributed by atoms with Crippen LogP contribution in [0.25, 0.3) is 71.7 Å². The maximum Gasteiger partial charge on any atom is 0.137 e. The van der Waals surface area contributed by atoms with E-state index in [4.69, 9.17) is 4.42 Å². The molecule has 13 rings (SSSR count). The van der Waals surface area contributed by atoms with Gasteiger partial charge in [0.15, 0.2) is 0 Å². The van der Waals surface area contributed by atoms with Crippen LogP contribution in [0.15, 0.2) is 211 Å². The summed E-state index contributed by atoms with van der Waals surface area (Å²) in [7, 11) is 0. The van der Waals surface area contributed by atoms with Crippen molar-refractivity contribution in [2.45, 2.75) is 5.41 Å². The maximum atomic E-state index is 6.54. The average molecular weight is 739 g/mol. The number of fused-ring (bicyclic) bond motifs is 16. The van der Waals surface area contributed by atoms with E-state index in [1.807, 2.05) is 6.07 Å². The topological polar surface area (TPSA) is 21.3 Å². The number of nitrogens with zero attached hydrogens (tertiary/aromatic N) is 2. The largest absolute Gasteiger partial charge is 0.456 e. The van der Waals surface area contributed by atoms with Crippen molar-refractivity contribution < 1.29 is 4.42 Å². The summed E-state index contributed by atoms with van der Waals surface area (Å²) in [6, 6.07) is 75.6. The van der Waals surface area contributed by atoms with Gasteiger partial charge < -0.3 is 13.9 Å². The van der Waals surface area contributed by atoms with E-state index in [1.165, 1.54) is 60.8 Å². The first kappa shape index (κ1) is 31.6. The Morgan fingerprint density at radius 3 is 1.57 bits per heavy atom. The number of furan rings is 1. The molecule has 11 aromatic rings. The van der Waals surface area contributed by atoms with Crippen molar-refractivity contribution in [2.75, 3.05) is 4.90 Å². The zero-order valence-corrected chi connectivity index (χ0v) is 31.4. The van der Waals surface area contributed by atoms with E-state index in [0.29, 0.717) is 0 Å². The lowest BCUT2D eigenvalue weighted by Crippen LogP contribution is -2.26. The fourth-order valence-corrected chi connectivity index (χ4v) is 10.5. The number of benzene rings is 9. The zero-order valence-electron chi connectivity index (χ0n) is 31.4. The van der Waals surface area contributed by atoms with Crippen LogP contribution in [0, 0.1) is 0 Å². The van der Waals surface area contributed by atoms with Crippen LogP contribution in [0.2, 0.25) is 0 Å². The third-order valence-electron chi connectivity index (χ3n) is 12.8. The Morgan fingerprint density at radius 2 is 0.845 bits per heavy atom. The van der Waals surface area contributed by atoms with Gasteiger partial charge in [0.1, 0.15) is 11.2 Å². The van der Waals surface area contributed by atoms with Crippen molar-refractivity contribution in [2.24, 2.45) is 0 Å². The quantitative estimate of drug-likeness (QED) is 0.179. The monoisotopic (exact) mass is 738 g/mol. The lowest BCUT2D eigenvalue weighted by Gasteiger charge is -2.32. The van der Waals surface area contributed by atoms with Crippen LogP contribution in [-0.2, 0) is 5.41 Å². The van der Waals surface area contributed by atoms with Gasteiger partial charge in [0, 0.05) is 50.4 Å². The van der Waals surface area contributed by atoms with Gasteiger partial charge in [-0.25, -0.2) is 0 Å². The van der Waals surface area contributed by atoms with Gasteiger partial charge in [0.2, 0.25) is 0 Å². The molecule has 0 radical (unpaired) electrons. The molecular formula is C55H34N2O. The third kappa shape index (κ3) is 4.12. The van der Waals surface area contributed by atoms with Gasteiger partial charge >= 0.3 is 0 Å². The number of hydrogen-bond donors (Lipinski definition) is 0. The first-order valence-electron chi connectivity index (χ1n) is 20.0. The van der Waals surface area contributed by atoms with E-state index in [9.17, 15) is 0 Å². The van der Waals surface area contributed by atoms with Crippen molar-refractivity contribution in [3.05, 3.63) is 229 Å². The molecule has 3 heteroatoms. The number of rotatable bonds is 4. The van der Waals surface area contributed by atoms with E-state index in [0.717, 1.165) is 50.2 Å². The molecule has 9 aromatic carbocycles. The summed E-state index contributed by atoms with van der Waals surface area (Å²) in [5.41, 5.74) is 18.5. The highest BCUT2D eigenvalue weighted by Gasteiger charge is 2.51. The second-order valence-electron chi connectivity index (χ2n) is 15.6. The summed E-state index contributed by atoms with van der Waals surface area (Å²) >= 11 is 0. The van der Waals surface area contributed by atoms with Crippen molar-refractivity contribution in [3.63, 3.8) is 0 Å². The Kier molecular flexibility index (Phi) is 6.37. The minimum absolute atomic E-state index is 0.451. The van der Waals surface area contributed by atoms with Crippen LogP contribution in [0.3, 0.4) is 0 Å². The van der Waals surface area contributed by atoms with Crippen molar-refractivity contribution in [1.82, 2.24) is 4.57 Å². The van der Waals surface area contributed by atoms with E-state index in [-0.39, 0.29) is 0 Å². The van der Waals surface area contributed by atoms with Gasteiger partial charge in [-0.2, -0.15) is 0 Å². The second-order valence-corrected chi connectivity index (χ2v) is 15.6. The minimum Gasteiger partial charge on any atom is -0.456 e. The average Bonchev–Trinajstić information content (AvgIpc) is 4.00. The Bertz CT molecular complexity index is 3420. The number of anilines is 3. The highest BCUT2D eigenvalue weighted by atomic mass is 16.3. The summed E-state index contributed by atoms with van der Waals surface area (Å²) < 4.78 is 8.94. The van der Waals surface area contributed by atoms with Crippen molar-refractivity contribution in [3.8, 4) is 27.9 Å². The zero-order chi connectivity index (χ0) is 38.0. The van der Waals surface area contributed by atoms with E-state index in [2.05, 4.69) is 210 Å². The number of hydrogen-bond acceptors (Lipinski definition) is 2. The van der Waals surface area contributed by atoms with E-state index in [1.54, 1.807) is 0 Å². The highest BCUT2D eigenvalue weighted by Crippen LogP contribution is 2.63. The Labute approximate surface area is 335 Å². The Hall–Kier alpha value is -7.62. The minimum atomic E-state index is -0.451. The molecule has 0 saturated carbocycles. The predicted octanol–water partition coefficient (Wildman–Crippen LogP) is 14.5. The van der Waals surface area contributed by atoms with Crippen LogP contribution >= 0.6 is 0 Å². The molecule has 2 aliphatic rings. The first-order valence-corrected chi connectivity index (χ1v) is 20.0. The van der Waals surface area contributed by atoms with Crippen LogP contribution < -0.4 is 4.90 Å². The highest BCUT2D eigenvalue weighted by molar-refractivity contribution is 6.11. The van der Waals surface area contributed by atoms with E-state index >= 15 is 0 Å². The summed E-state index contributed by atoms with van der Waals surface area (Å²) in [4.78, 5) is 2.42. The third-order valence-corrected chi connectivity index (χ3v) is 12.8. The predicted molar refractivity (Wildman–Crippen MR) is 239 cm³/mol. The van der Waals surface area contributed by atoms with Crippen molar-refractivity contribution >= 4 is 60.8 Å². The molecule has 2 heterocycles. The summed E-state index contributed by atoms with van der Waals surface area (Å²) in [5.74, 6) is 0. The SMILES string of the molecule is c1ccc(-n2c3ccccc3c3ccc(N(c4ccc5c(c4)C4(c6ccccc6-c6ccccc64)c4ccccc4-5)c4ccc5c(c4)oc4ccccc45)cc32)cc1. The molecule has 2 aromatic heterocycles. The Balaban J connectivity index is 1.10. The summed E-state index contributed by atoms with van der Waals surface area (Å²) in [6.07, 6.45) is 0. The van der Waals surface area contributed by atoms with Crippen LogP contribution in [0.5, 0.6) is 0 Å². The number of para-hydroxylation sites is 3. The normalized spacial score (nSPS) is 13.3. The van der Waals surface area contributed by atoms with Crippen LogP contribution in [0.1, 0.15) is 22.3 Å². The maximum absolute atomic E-state index is 6.54. The van der Waals surface area contributed by atoms with Gasteiger partial charge in [-0.05, 0) is 105 Å². The fraction of sp³-hybridized carbons (Fsp3) is 0.0182. The second kappa shape index (κ2) is 11.7. The fourth-order valence-electron chi connectivity index (χ4n) is 10.5. The standard InChI is InChI=1S/C55H34N2O/c1-2-14-35(15-3-1)57-51-24-12-7-19-43(51)44-30-27-37(33-52(44)57)56(38-28-31-46-45-20-8-13-25-53(45)58-54(46)34-38)36-26-29-42-41-18-6-11-23-49(41)55(50(42)32-36)47-21-9-4-16-39(47)40-17-5-10-22-48(40)55/h1-34H. The van der Waals surface area contributed by atoms with Gasteiger partial charge in [-0.1, -0.05) is 140 Å². The van der Waals surface area contributed by atoms with Crippen molar-refractivity contribution in [1.29, 1.82) is 0 Å². The first-order chi connectivity index (χ1) is 28.8. The Morgan fingerprint density at radius 1 is 0.345 bits per heavy atom. The molecule has 0 amide bonds. The van der Waals surface area contributed by atoms with E-state index < -0.39 is 5.41 Å². The number of aromatic nitrogens is 1. The molecule has 0 fully saturated rings. The molecule has 58 heavy (non-hydrogen) atoms. The molecule has 1 spiro atoms. The molecule has 0 bridgehead atoms. The molecule has 0 atom stereocenters. The molecule has 2 aliphatic carbocycles. The molecule has 0 unspecified atom stereocenters. The van der Waals surface area contributed by atoms with Gasteiger partial charge in [-0.3, -0.25) is 0 Å². The molecule has 0 saturated heterocycles. The summed E-state index contributed by atoms with van der Waals surface area (Å²) in [6.45, 7) is 0. The lowest BCUT2D eigenvalue weighted by molar-refractivity contribution is 0.669. The molecule has 270 valence electrons. The van der Waals surface area contributed by atoms with Crippen LogP contribution in [0.4, 0.5) is 17.1 Å². The molecule has 3 nitrogen and oxygen atoms in total.